The first-order chi connectivity index (χ1) is 9.55. The fraction of sp³-hybridized carbons (Fsp3) is 0.588. The van der Waals surface area contributed by atoms with Crippen LogP contribution in [0.5, 0.6) is 0 Å². The van der Waals surface area contributed by atoms with Crippen LogP contribution in [0.25, 0.3) is 0 Å². The molecule has 3 nitrogen and oxygen atoms in total. The minimum absolute atomic E-state index is 0.0560. The second kappa shape index (κ2) is 6.40. The summed E-state index contributed by atoms with van der Waals surface area (Å²) in [6, 6.07) is 9.68. The molecule has 3 heteroatoms. The molecule has 1 aromatic rings. The van der Waals surface area contributed by atoms with Crippen molar-refractivity contribution in [2.75, 3.05) is 13.1 Å². The quantitative estimate of drug-likeness (QED) is 0.921. The number of nitrogens with zero attached hydrogens (tertiary/aromatic N) is 1. The zero-order chi connectivity index (χ0) is 14.6. The second-order valence-corrected chi connectivity index (χ2v) is 6.07. The molecule has 1 aromatic carbocycles. The Morgan fingerprint density at radius 1 is 1.30 bits per heavy atom. The van der Waals surface area contributed by atoms with Crippen LogP contribution < -0.4 is 5.73 Å². The van der Waals surface area contributed by atoms with Crippen LogP contribution in [0.3, 0.4) is 0 Å². The summed E-state index contributed by atoms with van der Waals surface area (Å²) in [6.45, 7) is 5.75. The molecule has 0 saturated carbocycles. The van der Waals surface area contributed by atoms with Crippen LogP contribution in [0.1, 0.15) is 45.1 Å². The molecule has 1 aliphatic heterocycles. The summed E-state index contributed by atoms with van der Waals surface area (Å²) in [4.78, 5) is 14.7. The fourth-order valence-corrected chi connectivity index (χ4v) is 3.01. The van der Waals surface area contributed by atoms with Gasteiger partial charge in [-0.3, -0.25) is 4.79 Å². The Morgan fingerprint density at radius 3 is 2.65 bits per heavy atom. The van der Waals surface area contributed by atoms with Crippen molar-refractivity contribution in [3.05, 3.63) is 35.9 Å². The van der Waals surface area contributed by atoms with Gasteiger partial charge in [-0.25, -0.2) is 0 Å². The molecule has 0 aromatic heterocycles. The number of rotatable bonds is 3. The average molecular weight is 274 g/mol. The van der Waals surface area contributed by atoms with Crippen LogP contribution in [0, 0.1) is 5.92 Å². The van der Waals surface area contributed by atoms with Crippen molar-refractivity contribution < 1.29 is 4.79 Å². The number of benzene rings is 1. The van der Waals surface area contributed by atoms with E-state index in [0.29, 0.717) is 0 Å². The van der Waals surface area contributed by atoms with Crippen molar-refractivity contribution in [2.24, 2.45) is 11.7 Å². The average Bonchev–Trinajstić information content (AvgIpc) is 2.72. The Bertz CT molecular complexity index is 442. The first kappa shape index (κ1) is 15.0. The van der Waals surface area contributed by atoms with Crippen LogP contribution >= 0.6 is 0 Å². The number of carbonyl (C=O) groups is 1. The molecule has 1 heterocycles. The molecule has 110 valence electrons. The summed E-state index contributed by atoms with van der Waals surface area (Å²) in [5.74, 6) is 0.814. The third-order valence-corrected chi connectivity index (χ3v) is 4.53. The van der Waals surface area contributed by atoms with E-state index in [9.17, 15) is 4.79 Å². The molecule has 2 unspecified atom stereocenters. The smallest absolute Gasteiger partial charge is 0.246 e. The lowest BCUT2D eigenvalue weighted by Gasteiger charge is -2.31. The third kappa shape index (κ3) is 3.21. The lowest BCUT2D eigenvalue weighted by Crippen LogP contribution is -2.51. The Morgan fingerprint density at radius 2 is 2.00 bits per heavy atom. The van der Waals surface area contributed by atoms with Gasteiger partial charge in [0.1, 0.15) is 5.54 Å². The Hall–Kier alpha value is -1.35. The summed E-state index contributed by atoms with van der Waals surface area (Å²) in [5, 5.41) is 0. The van der Waals surface area contributed by atoms with Crippen LogP contribution in [0.2, 0.25) is 0 Å². The molecule has 1 fully saturated rings. The highest BCUT2D eigenvalue weighted by Gasteiger charge is 2.34. The van der Waals surface area contributed by atoms with Crippen LogP contribution in [-0.4, -0.2) is 23.9 Å². The van der Waals surface area contributed by atoms with E-state index < -0.39 is 5.54 Å². The van der Waals surface area contributed by atoms with Crippen molar-refractivity contribution in [3.8, 4) is 0 Å². The highest BCUT2D eigenvalue weighted by atomic mass is 16.2. The van der Waals surface area contributed by atoms with Gasteiger partial charge in [-0.2, -0.15) is 0 Å². The standard InChI is InChI=1S/C17H26N2O/c1-3-14-8-7-12-19(13-11-14)16(20)17(2,18)15-9-5-4-6-10-15/h4-6,9-10,14H,3,7-8,11-13,18H2,1-2H3. The van der Waals surface area contributed by atoms with Gasteiger partial charge in [0.2, 0.25) is 5.91 Å². The molecule has 0 aliphatic carbocycles. The monoisotopic (exact) mass is 274 g/mol. The Balaban J connectivity index is 2.10. The van der Waals surface area contributed by atoms with Crippen molar-refractivity contribution in [1.82, 2.24) is 4.90 Å². The van der Waals surface area contributed by atoms with Crippen molar-refractivity contribution in [2.45, 2.75) is 45.1 Å². The summed E-state index contributed by atoms with van der Waals surface area (Å²) in [7, 11) is 0. The number of likely N-dealkylation sites (tertiary alicyclic amines) is 1. The number of amides is 1. The van der Waals surface area contributed by atoms with Gasteiger partial charge in [0.05, 0.1) is 0 Å². The van der Waals surface area contributed by atoms with Crippen LogP contribution in [-0.2, 0) is 10.3 Å². The molecule has 1 saturated heterocycles. The summed E-state index contributed by atoms with van der Waals surface area (Å²) >= 11 is 0. The molecule has 0 spiro atoms. The first-order valence-corrected chi connectivity index (χ1v) is 7.69. The highest BCUT2D eigenvalue weighted by molar-refractivity contribution is 5.87. The van der Waals surface area contributed by atoms with E-state index in [1.807, 2.05) is 42.2 Å². The maximum atomic E-state index is 12.8. The molecule has 1 amide bonds. The number of nitrogens with two attached hydrogens (primary N) is 1. The maximum absolute atomic E-state index is 12.8. The normalized spacial score (nSPS) is 22.9. The van der Waals surface area contributed by atoms with E-state index in [1.165, 1.54) is 12.8 Å². The number of hydrogen-bond acceptors (Lipinski definition) is 2. The van der Waals surface area contributed by atoms with Gasteiger partial charge in [0, 0.05) is 13.1 Å². The van der Waals surface area contributed by atoms with Gasteiger partial charge in [-0.05, 0) is 37.7 Å². The zero-order valence-corrected chi connectivity index (χ0v) is 12.6. The minimum Gasteiger partial charge on any atom is -0.341 e. The predicted molar refractivity (Wildman–Crippen MR) is 82.2 cm³/mol. The summed E-state index contributed by atoms with van der Waals surface area (Å²) < 4.78 is 0. The molecular formula is C17H26N2O. The fourth-order valence-electron chi connectivity index (χ4n) is 3.01. The predicted octanol–water partition coefficient (Wildman–Crippen LogP) is 2.90. The number of hydrogen-bond donors (Lipinski definition) is 1. The number of carbonyl (C=O) groups excluding carboxylic acids is 1. The Kier molecular flexibility index (Phi) is 4.81. The first-order valence-electron chi connectivity index (χ1n) is 7.69. The van der Waals surface area contributed by atoms with Gasteiger partial charge in [0.25, 0.3) is 0 Å². The molecule has 1 aliphatic rings. The van der Waals surface area contributed by atoms with Gasteiger partial charge in [-0.1, -0.05) is 43.7 Å². The van der Waals surface area contributed by atoms with Crippen molar-refractivity contribution in [1.29, 1.82) is 0 Å². The summed E-state index contributed by atoms with van der Waals surface area (Å²) in [6.07, 6.45) is 4.63. The molecule has 2 N–H and O–H groups in total. The van der Waals surface area contributed by atoms with Crippen molar-refractivity contribution >= 4 is 5.91 Å². The van der Waals surface area contributed by atoms with E-state index >= 15 is 0 Å². The van der Waals surface area contributed by atoms with Gasteiger partial charge in [0.15, 0.2) is 0 Å². The molecule has 2 atom stereocenters. The SMILES string of the molecule is CCC1CCCN(C(=O)C(C)(N)c2ccccc2)CC1. The topological polar surface area (TPSA) is 46.3 Å². The largest absolute Gasteiger partial charge is 0.341 e. The van der Waals surface area contributed by atoms with E-state index in [-0.39, 0.29) is 5.91 Å². The molecule has 0 radical (unpaired) electrons. The molecule has 20 heavy (non-hydrogen) atoms. The maximum Gasteiger partial charge on any atom is 0.246 e. The lowest BCUT2D eigenvalue weighted by molar-refractivity contribution is -0.136. The Labute approximate surface area is 122 Å². The van der Waals surface area contributed by atoms with Crippen molar-refractivity contribution in [3.63, 3.8) is 0 Å². The van der Waals surface area contributed by atoms with E-state index in [1.54, 1.807) is 0 Å². The minimum atomic E-state index is -0.923. The van der Waals surface area contributed by atoms with Gasteiger partial charge >= 0.3 is 0 Å². The van der Waals surface area contributed by atoms with Gasteiger partial charge < -0.3 is 10.6 Å². The summed E-state index contributed by atoms with van der Waals surface area (Å²) in [5.41, 5.74) is 6.31. The molecule has 2 rings (SSSR count). The third-order valence-electron chi connectivity index (χ3n) is 4.53. The van der Waals surface area contributed by atoms with Crippen LogP contribution in [0.15, 0.2) is 30.3 Å². The second-order valence-electron chi connectivity index (χ2n) is 6.07. The highest BCUT2D eigenvalue weighted by Crippen LogP contribution is 2.25. The van der Waals surface area contributed by atoms with E-state index in [2.05, 4.69) is 6.92 Å². The van der Waals surface area contributed by atoms with E-state index in [0.717, 1.165) is 37.4 Å². The van der Waals surface area contributed by atoms with Crippen LogP contribution in [0.4, 0.5) is 0 Å². The molecule has 0 bridgehead atoms. The van der Waals surface area contributed by atoms with Gasteiger partial charge in [-0.15, -0.1) is 0 Å². The van der Waals surface area contributed by atoms with E-state index in [4.69, 9.17) is 5.73 Å². The lowest BCUT2D eigenvalue weighted by atomic mass is 9.91. The zero-order valence-electron chi connectivity index (χ0n) is 12.6. The molecular weight excluding hydrogens is 248 g/mol.